The molecule has 4 heteroatoms. The molecule has 1 aromatic heterocycles. The zero-order chi connectivity index (χ0) is 13.0. The second kappa shape index (κ2) is 6.73. The number of likely N-dealkylation sites (N-methyl/N-ethyl adjacent to an activating group) is 1. The first-order valence-corrected chi connectivity index (χ1v) is 7.77. The fourth-order valence-corrected chi connectivity index (χ4v) is 3.00. The van der Waals surface area contributed by atoms with Gasteiger partial charge in [-0.3, -0.25) is 0 Å². The van der Waals surface area contributed by atoms with Crippen molar-refractivity contribution in [2.45, 2.75) is 19.4 Å². The van der Waals surface area contributed by atoms with E-state index in [4.69, 9.17) is 4.42 Å². The lowest BCUT2D eigenvalue weighted by Crippen LogP contribution is -2.23. The van der Waals surface area contributed by atoms with Crippen LogP contribution in [0.4, 0.5) is 0 Å². The monoisotopic (exact) mass is 419 g/mol. The highest BCUT2D eigenvalue weighted by Gasteiger charge is 2.15. The van der Waals surface area contributed by atoms with Crippen molar-refractivity contribution in [3.63, 3.8) is 0 Å². The molecule has 0 aliphatic carbocycles. The van der Waals surface area contributed by atoms with Gasteiger partial charge in [0.15, 0.2) is 0 Å². The van der Waals surface area contributed by atoms with Crippen LogP contribution in [0.3, 0.4) is 0 Å². The molecular formula is C14H15BrINO. The van der Waals surface area contributed by atoms with Gasteiger partial charge in [0, 0.05) is 14.1 Å². The molecule has 96 valence electrons. The van der Waals surface area contributed by atoms with E-state index >= 15 is 0 Å². The molecule has 0 bridgehead atoms. The Labute approximate surface area is 129 Å². The maximum absolute atomic E-state index is 5.14. The van der Waals surface area contributed by atoms with E-state index in [9.17, 15) is 0 Å². The van der Waals surface area contributed by atoms with Gasteiger partial charge in [0.05, 0.1) is 12.5 Å². The lowest BCUT2D eigenvalue weighted by Gasteiger charge is -2.19. The van der Waals surface area contributed by atoms with Crippen LogP contribution in [0.2, 0.25) is 0 Å². The Morgan fingerprint density at radius 2 is 2.22 bits per heavy atom. The average molecular weight is 420 g/mol. The molecule has 1 aromatic carbocycles. The molecule has 2 rings (SSSR count). The smallest absolute Gasteiger partial charge is 0.0935 e. The van der Waals surface area contributed by atoms with Crippen LogP contribution in [0.1, 0.15) is 24.1 Å². The first kappa shape index (κ1) is 14.1. The van der Waals surface area contributed by atoms with Crippen molar-refractivity contribution >= 4 is 38.5 Å². The summed E-state index contributed by atoms with van der Waals surface area (Å²) in [5, 5.41) is 3.53. The van der Waals surface area contributed by atoms with Crippen LogP contribution in [0, 0.1) is 3.57 Å². The molecule has 0 aliphatic heterocycles. The Hall–Kier alpha value is -0.330. The standard InChI is InChI=1S/C14H15BrINO/c1-2-17-14(7-10-5-6-18-9-10)12-8-11(16)3-4-13(12)15/h3-6,8-9,14,17H,2,7H2,1H3. The van der Waals surface area contributed by atoms with E-state index in [1.165, 1.54) is 14.7 Å². The predicted molar refractivity (Wildman–Crippen MR) is 85.7 cm³/mol. The highest BCUT2D eigenvalue weighted by Crippen LogP contribution is 2.28. The summed E-state index contributed by atoms with van der Waals surface area (Å²) < 4.78 is 7.54. The molecule has 1 N–H and O–H groups in total. The molecule has 18 heavy (non-hydrogen) atoms. The normalized spacial score (nSPS) is 12.6. The van der Waals surface area contributed by atoms with Crippen molar-refractivity contribution in [3.05, 3.63) is 56.0 Å². The molecule has 0 spiro atoms. The Kier molecular flexibility index (Phi) is 5.26. The van der Waals surface area contributed by atoms with Gasteiger partial charge >= 0.3 is 0 Å². The van der Waals surface area contributed by atoms with Gasteiger partial charge in [0.1, 0.15) is 0 Å². The average Bonchev–Trinajstić information content (AvgIpc) is 2.85. The minimum atomic E-state index is 0.302. The largest absolute Gasteiger partial charge is 0.472 e. The van der Waals surface area contributed by atoms with Gasteiger partial charge in [-0.25, -0.2) is 0 Å². The van der Waals surface area contributed by atoms with Gasteiger partial charge in [-0.15, -0.1) is 0 Å². The first-order valence-electron chi connectivity index (χ1n) is 5.90. The molecule has 0 radical (unpaired) electrons. The zero-order valence-electron chi connectivity index (χ0n) is 10.1. The zero-order valence-corrected chi connectivity index (χ0v) is 13.9. The summed E-state index contributed by atoms with van der Waals surface area (Å²) in [6.07, 6.45) is 4.47. The molecule has 0 saturated heterocycles. The van der Waals surface area contributed by atoms with Crippen molar-refractivity contribution in [1.82, 2.24) is 5.32 Å². The van der Waals surface area contributed by atoms with E-state index in [1.54, 1.807) is 6.26 Å². The maximum atomic E-state index is 5.14. The molecule has 0 saturated carbocycles. The van der Waals surface area contributed by atoms with Crippen LogP contribution in [0.25, 0.3) is 0 Å². The van der Waals surface area contributed by atoms with Crippen LogP contribution in [-0.4, -0.2) is 6.54 Å². The fraction of sp³-hybridized carbons (Fsp3) is 0.286. The minimum Gasteiger partial charge on any atom is -0.472 e. The predicted octanol–water partition coefficient (Wildman–Crippen LogP) is 4.54. The molecular weight excluding hydrogens is 405 g/mol. The van der Waals surface area contributed by atoms with E-state index < -0.39 is 0 Å². The van der Waals surface area contributed by atoms with Gasteiger partial charge < -0.3 is 9.73 Å². The van der Waals surface area contributed by atoms with E-state index in [1.807, 2.05) is 12.3 Å². The second-order valence-corrected chi connectivity index (χ2v) is 6.21. The van der Waals surface area contributed by atoms with Gasteiger partial charge in [0.2, 0.25) is 0 Å². The third-order valence-electron chi connectivity index (χ3n) is 2.80. The number of furan rings is 1. The van der Waals surface area contributed by atoms with Crippen LogP contribution < -0.4 is 5.32 Å². The van der Waals surface area contributed by atoms with E-state index in [0.29, 0.717) is 6.04 Å². The van der Waals surface area contributed by atoms with Crippen molar-refractivity contribution in [3.8, 4) is 0 Å². The number of nitrogens with one attached hydrogen (secondary N) is 1. The molecule has 1 heterocycles. The quantitative estimate of drug-likeness (QED) is 0.719. The topological polar surface area (TPSA) is 25.2 Å². The first-order chi connectivity index (χ1) is 8.70. The van der Waals surface area contributed by atoms with Crippen LogP contribution in [0.5, 0.6) is 0 Å². The van der Waals surface area contributed by atoms with Crippen molar-refractivity contribution < 1.29 is 4.42 Å². The number of hydrogen-bond acceptors (Lipinski definition) is 2. The van der Waals surface area contributed by atoms with E-state index in [0.717, 1.165) is 17.4 Å². The molecule has 2 nitrogen and oxygen atoms in total. The van der Waals surface area contributed by atoms with Crippen molar-refractivity contribution in [1.29, 1.82) is 0 Å². The summed E-state index contributed by atoms with van der Waals surface area (Å²) in [6, 6.07) is 8.76. The highest BCUT2D eigenvalue weighted by molar-refractivity contribution is 14.1. The second-order valence-electron chi connectivity index (χ2n) is 4.11. The SMILES string of the molecule is CCNC(Cc1ccoc1)c1cc(I)ccc1Br. The van der Waals surface area contributed by atoms with Gasteiger partial charge in [-0.1, -0.05) is 22.9 Å². The number of benzene rings is 1. The Morgan fingerprint density at radius 1 is 1.39 bits per heavy atom. The summed E-state index contributed by atoms with van der Waals surface area (Å²) in [7, 11) is 0. The molecule has 1 unspecified atom stereocenters. The number of rotatable bonds is 5. The third kappa shape index (κ3) is 3.59. The maximum Gasteiger partial charge on any atom is 0.0935 e. The summed E-state index contributed by atoms with van der Waals surface area (Å²) in [6.45, 7) is 3.07. The Balaban J connectivity index is 2.26. The summed E-state index contributed by atoms with van der Waals surface area (Å²) >= 11 is 5.98. The van der Waals surface area contributed by atoms with E-state index in [-0.39, 0.29) is 0 Å². The molecule has 0 fully saturated rings. The lowest BCUT2D eigenvalue weighted by atomic mass is 10.0. The lowest BCUT2D eigenvalue weighted by molar-refractivity contribution is 0.533. The molecule has 0 amide bonds. The van der Waals surface area contributed by atoms with Crippen molar-refractivity contribution in [2.24, 2.45) is 0 Å². The van der Waals surface area contributed by atoms with E-state index in [2.05, 4.69) is 69.0 Å². The molecule has 1 atom stereocenters. The van der Waals surface area contributed by atoms with Gasteiger partial charge in [0.25, 0.3) is 0 Å². The Bertz CT molecular complexity index is 499. The van der Waals surface area contributed by atoms with Crippen molar-refractivity contribution in [2.75, 3.05) is 6.54 Å². The van der Waals surface area contributed by atoms with Gasteiger partial charge in [-0.2, -0.15) is 0 Å². The minimum absolute atomic E-state index is 0.302. The summed E-state index contributed by atoms with van der Waals surface area (Å²) in [5.74, 6) is 0. The highest BCUT2D eigenvalue weighted by atomic mass is 127. The molecule has 2 aromatic rings. The van der Waals surface area contributed by atoms with Crippen LogP contribution in [0.15, 0.2) is 45.7 Å². The van der Waals surface area contributed by atoms with Gasteiger partial charge in [-0.05, 0) is 70.9 Å². The Morgan fingerprint density at radius 3 is 2.89 bits per heavy atom. The van der Waals surface area contributed by atoms with Crippen LogP contribution in [-0.2, 0) is 6.42 Å². The molecule has 0 aliphatic rings. The van der Waals surface area contributed by atoms with Crippen LogP contribution >= 0.6 is 38.5 Å². The third-order valence-corrected chi connectivity index (χ3v) is 4.20. The fourth-order valence-electron chi connectivity index (χ4n) is 1.96. The summed E-state index contributed by atoms with van der Waals surface area (Å²) in [5.41, 5.74) is 2.51. The summed E-state index contributed by atoms with van der Waals surface area (Å²) in [4.78, 5) is 0. The number of hydrogen-bond donors (Lipinski definition) is 1. The number of halogens is 2.